The summed E-state index contributed by atoms with van der Waals surface area (Å²) in [5.74, 6) is 0.473. The maximum atomic E-state index is 12.0. The molecular formula is C19H14N4O2S. The van der Waals surface area contributed by atoms with Crippen LogP contribution in [0.4, 0.5) is 5.69 Å². The molecule has 2 aromatic heterocycles. The van der Waals surface area contributed by atoms with Gasteiger partial charge in [0, 0.05) is 23.6 Å². The van der Waals surface area contributed by atoms with Gasteiger partial charge < -0.3 is 9.73 Å². The Hall–Kier alpha value is -3.19. The highest BCUT2D eigenvalue weighted by atomic mass is 32.2. The van der Waals surface area contributed by atoms with Crippen LogP contribution in [0.2, 0.25) is 0 Å². The highest BCUT2D eigenvalue weighted by Gasteiger charge is 2.12. The molecule has 0 saturated carbocycles. The number of nitrogens with one attached hydrogen (secondary N) is 1. The van der Waals surface area contributed by atoms with Gasteiger partial charge in [0.1, 0.15) is 0 Å². The van der Waals surface area contributed by atoms with Crippen molar-refractivity contribution in [3.63, 3.8) is 0 Å². The third-order valence-corrected chi connectivity index (χ3v) is 4.51. The molecule has 0 radical (unpaired) electrons. The molecule has 0 bridgehead atoms. The maximum absolute atomic E-state index is 12.0. The van der Waals surface area contributed by atoms with Crippen molar-refractivity contribution in [2.45, 2.75) is 5.22 Å². The first-order valence-electron chi connectivity index (χ1n) is 7.93. The molecule has 0 atom stereocenters. The molecule has 0 fully saturated rings. The summed E-state index contributed by atoms with van der Waals surface area (Å²) in [5.41, 5.74) is 1.55. The lowest BCUT2D eigenvalue weighted by atomic mass is 10.1. The highest BCUT2D eigenvalue weighted by Crippen LogP contribution is 2.26. The van der Waals surface area contributed by atoms with Gasteiger partial charge in [-0.3, -0.25) is 9.78 Å². The molecule has 4 rings (SSSR count). The second-order valence-corrected chi connectivity index (χ2v) is 6.43. The Balaban J connectivity index is 1.41. The molecule has 0 aliphatic carbocycles. The molecule has 4 aromatic rings. The Morgan fingerprint density at radius 1 is 1.00 bits per heavy atom. The van der Waals surface area contributed by atoms with Gasteiger partial charge >= 0.3 is 0 Å². The average Bonchev–Trinajstić information content (AvgIpc) is 3.16. The van der Waals surface area contributed by atoms with E-state index in [1.165, 1.54) is 11.8 Å². The first kappa shape index (κ1) is 16.3. The minimum absolute atomic E-state index is 0.147. The van der Waals surface area contributed by atoms with E-state index in [1.54, 1.807) is 24.5 Å². The van der Waals surface area contributed by atoms with E-state index in [1.807, 2.05) is 36.4 Å². The summed E-state index contributed by atoms with van der Waals surface area (Å²) in [6, 6.07) is 17.5. The largest absolute Gasteiger partial charge is 0.411 e. The van der Waals surface area contributed by atoms with Gasteiger partial charge in [-0.25, -0.2) is 0 Å². The Bertz CT molecular complexity index is 1050. The number of rotatable bonds is 5. The van der Waals surface area contributed by atoms with Gasteiger partial charge in [0.25, 0.3) is 5.22 Å². The number of nitrogens with zero attached hydrogens (tertiary/aromatic N) is 3. The number of amides is 1. The second-order valence-electron chi connectivity index (χ2n) is 5.51. The predicted octanol–water partition coefficient (Wildman–Crippen LogP) is 4.02. The van der Waals surface area contributed by atoms with Crippen molar-refractivity contribution in [3.05, 3.63) is 67.0 Å². The lowest BCUT2D eigenvalue weighted by molar-refractivity contribution is -0.113. The standard InChI is InChI=1S/C19H14N4O2S/c24-17(21-16-7-9-20-10-8-16)12-26-19-23-22-18(25-19)15-6-5-13-3-1-2-4-14(13)11-15/h1-11H,12H2,(H,20,21,24). The maximum Gasteiger partial charge on any atom is 0.277 e. The number of thioether (sulfide) groups is 1. The second kappa shape index (κ2) is 7.37. The van der Waals surface area contributed by atoms with Crippen molar-refractivity contribution in [1.82, 2.24) is 15.2 Å². The zero-order valence-corrected chi connectivity index (χ0v) is 14.4. The van der Waals surface area contributed by atoms with Crippen molar-refractivity contribution >= 4 is 34.1 Å². The molecule has 6 nitrogen and oxygen atoms in total. The normalized spacial score (nSPS) is 10.8. The summed E-state index contributed by atoms with van der Waals surface area (Å²) in [4.78, 5) is 15.9. The smallest absolute Gasteiger partial charge is 0.277 e. The van der Waals surface area contributed by atoms with E-state index in [0.29, 0.717) is 16.8 Å². The van der Waals surface area contributed by atoms with Crippen LogP contribution in [0.15, 0.2) is 76.6 Å². The first-order chi connectivity index (χ1) is 12.8. The van der Waals surface area contributed by atoms with Crippen LogP contribution in [0.25, 0.3) is 22.2 Å². The highest BCUT2D eigenvalue weighted by molar-refractivity contribution is 7.99. The topological polar surface area (TPSA) is 80.9 Å². The molecule has 0 unspecified atom stereocenters. The van der Waals surface area contributed by atoms with Gasteiger partial charge in [-0.15, -0.1) is 10.2 Å². The Morgan fingerprint density at radius 2 is 1.81 bits per heavy atom. The van der Waals surface area contributed by atoms with Crippen LogP contribution in [-0.4, -0.2) is 26.8 Å². The minimum atomic E-state index is -0.147. The van der Waals surface area contributed by atoms with Gasteiger partial charge in [-0.05, 0) is 35.0 Å². The summed E-state index contributed by atoms with van der Waals surface area (Å²) < 4.78 is 5.67. The van der Waals surface area contributed by atoms with Gasteiger partial charge in [0.05, 0.1) is 5.75 Å². The van der Waals surface area contributed by atoms with Gasteiger partial charge in [0.2, 0.25) is 11.8 Å². The summed E-state index contributed by atoms with van der Waals surface area (Å²) in [6.45, 7) is 0. The van der Waals surface area contributed by atoms with Crippen LogP contribution in [0.3, 0.4) is 0 Å². The summed E-state index contributed by atoms with van der Waals surface area (Å²) in [6.07, 6.45) is 3.24. The molecule has 2 aromatic carbocycles. The van der Waals surface area contributed by atoms with Crippen LogP contribution in [0, 0.1) is 0 Å². The molecule has 0 aliphatic heterocycles. The number of anilines is 1. The van der Waals surface area contributed by atoms with E-state index < -0.39 is 0 Å². The zero-order valence-electron chi connectivity index (χ0n) is 13.6. The van der Waals surface area contributed by atoms with Gasteiger partial charge in [0.15, 0.2) is 0 Å². The number of aromatic nitrogens is 3. The molecular weight excluding hydrogens is 348 g/mol. The number of carbonyl (C=O) groups is 1. The monoisotopic (exact) mass is 362 g/mol. The van der Waals surface area contributed by atoms with E-state index in [2.05, 4.69) is 26.6 Å². The van der Waals surface area contributed by atoms with Crippen LogP contribution < -0.4 is 5.32 Å². The first-order valence-corrected chi connectivity index (χ1v) is 8.92. The number of pyridine rings is 1. The van der Waals surface area contributed by atoms with Crippen LogP contribution >= 0.6 is 11.8 Å². The van der Waals surface area contributed by atoms with E-state index >= 15 is 0 Å². The number of carbonyl (C=O) groups excluding carboxylic acids is 1. The third-order valence-electron chi connectivity index (χ3n) is 3.69. The van der Waals surface area contributed by atoms with E-state index in [4.69, 9.17) is 4.42 Å². The van der Waals surface area contributed by atoms with Crippen LogP contribution in [0.1, 0.15) is 0 Å². The summed E-state index contributed by atoms with van der Waals surface area (Å²) in [7, 11) is 0. The molecule has 1 amide bonds. The summed E-state index contributed by atoms with van der Waals surface area (Å²) in [5, 5.41) is 13.5. The minimum Gasteiger partial charge on any atom is -0.411 e. The lowest BCUT2D eigenvalue weighted by Crippen LogP contribution is -2.13. The van der Waals surface area contributed by atoms with Crippen molar-refractivity contribution in [3.8, 4) is 11.5 Å². The van der Waals surface area contributed by atoms with E-state index in [-0.39, 0.29) is 11.7 Å². The zero-order chi connectivity index (χ0) is 17.8. The van der Waals surface area contributed by atoms with Crippen LogP contribution in [0.5, 0.6) is 0 Å². The Labute approximate surface area is 153 Å². The van der Waals surface area contributed by atoms with Crippen molar-refractivity contribution < 1.29 is 9.21 Å². The molecule has 0 saturated heterocycles. The van der Waals surface area contributed by atoms with Crippen molar-refractivity contribution in [1.29, 1.82) is 0 Å². The van der Waals surface area contributed by atoms with Gasteiger partial charge in [-0.2, -0.15) is 0 Å². The lowest BCUT2D eigenvalue weighted by Gasteiger charge is -2.02. The molecule has 0 spiro atoms. The molecule has 7 heteroatoms. The fourth-order valence-electron chi connectivity index (χ4n) is 2.47. The number of benzene rings is 2. The number of hydrogen-bond acceptors (Lipinski definition) is 6. The molecule has 26 heavy (non-hydrogen) atoms. The number of hydrogen-bond donors (Lipinski definition) is 1. The Morgan fingerprint density at radius 3 is 2.65 bits per heavy atom. The molecule has 1 N–H and O–H groups in total. The van der Waals surface area contributed by atoms with Crippen molar-refractivity contribution in [2.24, 2.45) is 0 Å². The molecule has 2 heterocycles. The average molecular weight is 362 g/mol. The van der Waals surface area contributed by atoms with Crippen molar-refractivity contribution in [2.75, 3.05) is 11.1 Å². The fraction of sp³-hybridized carbons (Fsp3) is 0.0526. The quantitative estimate of drug-likeness (QED) is 0.540. The third kappa shape index (κ3) is 3.73. The summed E-state index contributed by atoms with van der Waals surface area (Å²) >= 11 is 1.20. The van der Waals surface area contributed by atoms with E-state index in [9.17, 15) is 4.79 Å². The predicted molar refractivity (Wildman–Crippen MR) is 101 cm³/mol. The molecule has 0 aliphatic rings. The fourth-order valence-corrected chi connectivity index (χ4v) is 3.03. The molecule has 128 valence electrons. The Kier molecular flexibility index (Phi) is 4.61. The van der Waals surface area contributed by atoms with Crippen LogP contribution in [-0.2, 0) is 4.79 Å². The number of fused-ring (bicyclic) bond motifs is 1. The van der Waals surface area contributed by atoms with E-state index in [0.717, 1.165) is 16.3 Å². The SMILES string of the molecule is O=C(CSc1nnc(-c2ccc3ccccc3c2)o1)Nc1ccncc1. The van der Waals surface area contributed by atoms with Gasteiger partial charge in [-0.1, -0.05) is 42.1 Å².